The largest absolute Gasteiger partial charge is 0.348 e. The highest BCUT2D eigenvalue weighted by Gasteiger charge is 2.22. The normalized spacial score (nSPS) is 15.5. The van der Waals surface area contributed by atoms with Crippen molar-refractivity contribution in [1.29, 1.82) is 0 Å². The molecular weight excluding hydrogens is 374 g/mol. The Kier molecular flexibility index (Phi) is 5.69. The molecule has 1 fully saturated rings. The van der Waals surface area contributed by atoms with Gasteiger partial charge in [0.25, 0.3) is 5.91 Å². The average molecular weight is 396 g/mol. The summed E-state index contributed by atoms with van der Waals surface area (Å²) in [5.41, 5.74) is 2.45. The zero-order valence-corrected chi connectivity index (χ0v) is 16.2. The van der Waals surface area contributed by atoms with Gasteiger partial charge in [-0.05, 0) is 42.7 Å². The molecule has 0 atom stereocenters. The molecular formula is C21H22ClN5O. The first-order chi connectivity index (χ1) is 13.7. The maximum Gasteiger partial charge on any atom is 0.273 e. The maximum atomic E-state index is 12.5. The second kappa shape index (κ2) is 8.54. The van der Waals surface area contributed by atoms with E-state index >= 15 is 0 Å². The summed E-state index contributed by atoms with van der Waals surface area (Å²) >= 11 is 5.91. The summed E-state index contributed by atoms with van der Waals surface area (Å²) in [5, 5.41) is 11.8. The quantitative estimate of drug-likeness (QED) is 0.719. The van der Waals surface area contributed by atoms with Gasteiger partial charge >= 0.3 is 0 Å². The number of carbonyl (C=O) groups is 1. The van der Waals surface area contributed by atoms with E-state index < -0.39 is 0 Å². The first kappa shape index (κ1) is 18.7. The van der Waals surface area contributed by atoms with E-state index in [1.165, 1.54) is 5.56 Å². The lowest BCUT2D eigenvalue weighted by atomic mass is 10.0. The number of hydrogen-bond donors (Lipinski definition) is 1. The van der Waals surface area contributed by atoms with Crippen molar-refractivity contribution >= 4 is 17.5 Å². The number of halogens is 1. The Morgan fingerprint density at radius 1 is 1.07 bits per heavy atom. The number of likely N-dealkylation sites (tertiary alicyclic amines) is 1. The number of nitrogens with zero attached hydrogens (tertiary/aromatic N) is 4. The van der Waals surface area contributed by atoms with Crippen LogP contribution in [0, 0.1) is 0 Å². The highest BCUT2D eigenvalue weighted by molar-refractivity contribution is 6.30. The zero-order valence-electron chi connectivity index (χ0n) is 15.5. The predicted molar refractivity (Wildman–Crippen MR) is 109 cm³/mol. The van der Waals surface area contributed by atoms with Gasteiger partial charge in [-0.15, -0.1) is 5.10 Å². The molecule has 0 spiro atoms. The fourth-order valence-electron chi connectivity index (χ4n) is 3.42. The molecule has 1 saturated heterocycles. The number of carbonyl (C=O) groups excluding carboxylic acids is 1. The summed E-state index contributed by atoms with van der Waals surface area (Å²) in [7, 11) is 0. The van der Waals surface area contributed by atoms with Crippen LogP contribution in [0.4, 0.5) is 0 Å². The molecule has 0 aliphatic carbocycles. The van der Waals surface area contributed by atoms with Crippen molar-refractivity contribution in [3.63, 3.8) is 0 Å². The summed E-state index contributed by atoms with van der Waals surface area (Å²) < 4.78 is 1.58. The van der Waals surface area contributed by atoms with Crippen LogP contribution in [0.5, 0.6) is 0 Å². The van der Waals surface area contributed by atoms with Gasteiger partial charge in [0.05, 0.1) is 11.9 Å². The van der Waals surface area contributed by atoms with Gasteiger partial charge < -0.3 is 5.32 Å². The minimum Gasteiger partial charge on any atom is -0.348 e. The second-order valence-corrected chi connectivity index (χ2v) is 7.47. The molecule has 4 rings (SSSR count). The van der Waals surface area contributed by atoms with Crippen LogP contribution >= 0.6 is 11.6 Å². The molecule has 2 heterocycles. The van der Waals surface area contributed by atoms with Crippen LogP contribution < -0.4 is 5.32 Å². The van der Waals surface area contributed by atoms with E-state index in [0.29, 0.717) is 10.7 Å². The van der Waals surface area contributed by atoms with Gasteiger partial charge in [0.2, 0.25) is 0 Å². The highest BCUT2D eigenvalue weighted by atomic mass is 35.5. The molecule has 0 bridgehead atoms. The van der Waals surface area contributed by atoms with E-state index in [-0.39, 0.29) is 11.9 Å². The van der Waals surface area contributed by atoms with Crippen molar-refractivity contribution in [3.05, 3.63) is 77.1 Å². The van der Waals surface area contributed by atoms with Crippen molar-refractivity contribution in [3.8, 4) is 5.69 Å². The van der Waals surface area contributed by atoms with Crippen LogP contribution in [-0.2, 0) is 6.54 Å². The first-order valence-corrected chi connectivity index (χ1v) is 9.80. The molecule has 144 valence electrons. The summed E-state index contributed by atoms with van der Waals surface area (Å²) in [6.07, 6.45) is 3.51. The van der Waals surface area contributed by atoms with Crippen LogP contribution in [0.2, 0.25) is 5.02 Å². The molecule has 1 aromatic heterocycles. The van der Waals surface area contributed by atoms with E-state index in [2.05, 4.69) is 44.8 Å². The van der Waals surface area contributed by atoms with Gasteiger partial charge in [0.15, 0.2) is 5.69 Å². The monoisotopic (exact) mass is 395 g/mol. The van der Waals surface area contributed by atoms with Crippen molar-refractivity contribution in [2.24, 2.45) is 0 Å². The van der Waals surface area contributed by atoms with Crippen molar-refractivity contribution in [2.75, 3.05) is 13.1 Å². The highest BCUT2D eigenvalue weighted by Crippen LogP contribution is 2.15. The Morgan fingerprint density at radius 3 is 2.50 bits per heavy atom. The Bertz CT molecular complexity index is 917. The smallest absolute Gasteiger partial charge is 0.273 e. The molecule has 1 N–H and O–H groups in total. The van der Waals surface area contributed by atoms with Crippen molar-refractivity contribution in [2.45, 2.75) is 25.4 Å². The fraction of sp³-hybridized carbons (Fsp3) is 0.286. The van der Waals surface area contributed by atoms with E-state index in [1.807, 2.05) is 18.2 Å². The molecule has 7 heteroatoms. The van der Waals surface area contributed by atoms with Gasteiger partial charge in [-0.3, -0.25) is 9.69 Å². The summed E-state index contributed by atoms with van der Waals surface area (Å²) in [6.45, 7) is 2.89. The third-order valence-corrected chi connectivity index (χ3v) is 5.24. The number of benzene rings is 2. The summed E-state index contributed by atoms with van der Waals surface area (Å²) in [5.74, 6) is -0.179. The third kappa shape index (κ3) is 4.58. The number of nitrogens with one attached hydrogen (secondary N) is 1. The van der Waals surface area contributed by atoms with Crippen LogP contribution in [0.25, 0.3) is 5.69 Å². The lowest BCUT2D eigenvalue weighted by Gasteiger charge is -2.32. The number of piperidine rings is 1. The predicted octanol–water partition coefficient (Wildman–Crippen LogP) is 3.32. The summed E-state index contributed by atoms with van der Waals surface area (Å²) in [4.78, 5) is 14.9. The van der Waals surface area contributed by atoms with E-state index in [9.17, 15) is 4.79 Å². The Balaban J connectivity index is 1.29. The minimum absolute atomic E-state index is 0.167. The number of hydrogen-bond acceptors (Lipinski definition) is 4. The van der Waals surface area contributed by atoms with E-state index in [1.54, 1.807) is 23.0 Å². The molecule has 2 aromatic carbocycles. The molecule has 6 nitrogen and oxygen atoms in total. The Morgan fingerprint density at radius 2 is 1.79 bits per heavy atom. The molecule has 1 amide bonds. The van der Waals surface area contributed by atoms with Gasteiger partial charge in [0, 0.05) is 30.7 Å². The van der Waals surface area contributed by atoms with Crippen LogP contribution in [-0.4, -0.2) is 44.9 Å². The lowest BCUT2D eigenvalue weighted by molar-refractivity contribution is 0.0904. The van der Waals surface area contributed by atoms with Crippen LogP contribution in [0.15, 0.2) is 60.8 Å². The number of amides is 1. The number of aromatic nitrogens is 3. The molecule has 0 radical (unpaired) electrons. The Labute approximate surface area is 169 Å². The first-order valence-electron chi connectivity index (χ1n) is 9.43. The topological polar surface area (TPSA) is 63.1 Å². The minimum atomic E-state index is -0.179. The third-order valence-electron chi connectivity index (χ3n) is 4.99. The average Bonchev–Trinajstić information content (AvgIpc) is 3.21. The van der Waals surface area contributed by atoms with Crippen LogP contribution in [0.3, 0.4) is 0 Å². The molecule has 1 aliphatic rings. The van der Waals surface area contributed by atoms with E-state index in [0.717, 1.165) is 38.2 Å². The van der Waals surface area contributed by atoms with Gasteiger partial charge in [-0.2, -0.15) is 0 Å². The van der Waals surface area contributed by atoms with E-state index in [4.69, 9.17) is 11.6 Å². The van der Waals surface area contributed by atoms with Gasteiger partial charge in [-0.1, -0.05) is 47.1 Å². The molecule has 0 saturated carbocycles. The van der Waals surface area contributed by atoms with Crippen molar-refractivity contribution in [1.82, 2.24) is 25.2 Å². The molecule has 0 unspecified atom stereocenters. The fourth-order valence-corrected chi connectivity index (χ4v) is 3.55. The lowest BCUT2D eigenvalue weighted by Crippen LogP contribution is -2.44. The zero-order chi connectivity index (χ0) is 19.3. The van der Waals surface area contributed by atoms with Gasteiger partial charge in [-0.25, -0.2) is 4.68 Å². The Hall–Kier alpha value is -2.70. The number of rotatable bonds is 5. The molecule has 1 aliphatic heterocycles. The van der Waals surface area contributed by atoms with Crippen molar-refractivity contribution < 1.29 is 4.79 Å². The molecule has 3 aromatic rings. The molecule has 28 heavy (non-hydrogen) atoms. The second-order valence-electron chi connectivity index (χ2n) is 7.03. The van der Waals surface area contributed by atoms with Crippen LogP contribution in [0.1, 0.15) is 28.9 Å². The standard InChI is InChI=1S/C21H22ClN5O/c22-17-6-8-19(9-7-17)27-15-20(24-25-27)21(28)23-18-10-12-26(13-11-18)14-16-4-2-1-3-5-16/h1-9,15,18H,10-14H2,(H,23,28). The SMILES string of the molecule is O=C(NC1CCN(Cc2ccccc2)CC1)c1cn(-c2ccc(Cl)cc2)nn1. The maximum absolute atomic E-state index is 12.5. The van der Waals surface area contributed by atoms with Gasteiger partial charge in [0.1, 0.15) is 0 Å². The summed E-state index contributed by atoms with van der Waals surface area (Å²) in [6, 6.07) is 17.9.